The second-order valence-electron chi connectivity index (χ2n) is 4.16. The average Bonchev–Trinajstić information content (AvgIpc) is 2.74. The largest absolute Gasteiger partial charge is 0.384 e. The number of nitrogen functional groups attached to an aromatic ring is 1. The Kier molecular flexibility index (Phi) is 4.21. The summed E-state index contributed by atoms with van der Waals surface area (Å²) in [5.41, 5.74) is 6.74. The Morgan fingerprint density at radius 2 is 2.32 bits per heavy atom. The molecule has 5 nitrogen and oxygen atoms in total. The van der Waals surface area contributed by atoms with Crippen LogP contribution in [0.15, 0.2) is 35.1 Å². The van der Waals surface area contributed by atoms with Crippen LogP contribution in [0.4, 0.5) is 11.5 Å². The summed E-state index contributed by atoms with van der Waals surface area (Å²) in [7, 11) is 0. The Balaban J connectivity index is 2.17. The molecule has 0 unspecified atom stereocenters. The van der Waals surface area contributed by atoms with Crippen LogP contribution in [0.2, 0.25) is 0 Å². The average molecular weight is 323 g/mol. The first kappa shape index (κ1) is 13.6. The number of aryl methyl sites for hydroxylation is 1. The van der Waals surface area contributed by atoms with Crippen LogP contribution >= 0.6 is 15.9 Å². The van der Waals surface area contributed by atoms with Gasteiger partial charge in [-0.3, -0.25) is 4.79 Å². The van der Waals surface area contributed by atoms with Gasteiger partial charge in [-0.15, -0.1) is 0 Å². The number of pyridine rings is 1. The highest BCUT2D eigenvalue weighted by Crippen LogP contribution is 2.17. The van der Waals surface area contributed by atoms with E-state index in [1.54, 1.807) is 18.2 Å². The smallest absolute Gasteiger partial charge is 0.272 e. The topological polar surface area (TPSA) is 72.9 Å². The van der Waals surface area contributed by atoms with E-state index in [1.807, 2.05) is 10.8 Å². The lowest BCUT2D eigenvalue weighted by Crippen LogP contribution is -2.16. The third-order valence-electron chi connectivity index (χ3n) is 2.60. The van der Waals surface area contributed by atoms with Crippen LogP contribution in [0.1, 0.15) is 23.8 Å². The number of carbonyl (C=O) groups excluding carboxylic acids is 1. The maximum atomic E-state index is 12.2. The van der Waals surface area contributed by atoms with Crippen molar-refractivity contribution in [3.63, 3.8) is 0 Å². The zero-order valence-corrected chi connectivity index (χ0v) is 12.1. The molecule has 0 aliphatic carbocycles. The fourth-order valence-corrected chi connectivity index (χ4v) is 2.23. The van der Waals surface area contributed by atoms with Gasteiger partial charge in [0, 0.05) is 17.2 Å². The van der Waals surface area contributed by atoms with Crippen LogP contribution in [0.5, 0.6) is 0 Å². The number of nitrogens with two attached hydrogens (primary N) is 1. The first-order valence-corrected chi connectivity index (χ1v) is 6.78. The molecule has 3 N–H and O–H groups in total. The number of hydrogen-bond donors (Lipinski definition) is 2. The van der Waals surface area contributed by atoms with Gasteiger partial charge in [-0.1, -0.05) is 6.92 Å². The van der Waals surface area contributed by atoms with Crippen LogP contribution in [-0.2, 0) is 6.54 Å². The molecule has 0 aliphatic heterocycles. The maximum absolute atomic E-state index is 12.2. The van der Waals surface area contributed by atoms with Crippen molar-refractivity contribution in [3.05, 3.63) is 40.8 Å². The molecule has 0 saturated heterocycles. The van der Waals surface area contributed by atoms with Crippen molar-refractivity contribution in [2.45, 2.75) is 19.9 Å². The van der Waals surface area contributed by atoms with Gasteiger partial charge in [-0.2, -0.15) is 0 Å². The fraction of sp³-hybridized carbons (Fsp3) is 0.231. The number of halogens is 1. The first-order chi connectivity index (χ1) is 9.10. The molecule has 2 rings (SSSR count). The van der Waals surface area contributed by atoms with Crippen LogP contribution in [-0.4, -0.2) is 15.5 Å². The van der Waals surface area contributed by atoms with Crippen molar-refractivity contribution in [1.82, 2.24) is 9.55 Å². The molecule has 2 heterocycles. The molecule has 0 fully saturated rings. The third kappa shape index (κ3) is 3.35. The molecule has 0 aliphatic rings. The van der Waals surface area contributed by atoms with Crippen LogP contribution in [0, 0.1) is 0 Å². The lowest BCUT2D eigenvalue weighted by Gasteiger charge is -2.08. The predicted octanol–water partition coefficient (Wildman–Crippen LogP) is 2.89. The number of hydrogen-bond acceptors (Lipinski definition) is 3. The second-order valence-corrected chi connectivity index (χ2v) is 5.08. The molecule has 0 bridgehead atoms. The number of anilines is 2. The molecular formula is C13H15BrN4O. The highest BCUT2D eigenvalue weighted by Gasteiger charge is 2.13. The van der Waals surface area contributed by atoms with E-state index in [0.717, 1.165) is 17.4 Å². The summed E-state index contributed by atoms with van der Waals surface area (Å²) < 4.78 is 2.81. The maximum Gasteiger partial charge on any atom is 0.272 e. The van der Waals surface area contributed by atoms with Gasteiger partial charge in [-0.25, -0.2) is 4.98 Å². The van der Waals surface area contributed by atoms with Gasteiger partial charge >= 0.3 is 0 Å². The molecule has 2 aromatic rings. The highest BCUT2D eigenvalue weighted by atomic mass is 79.9. The molecule has 0 spiro atoms. The third-order valence-corrected chi connectivity index (χ3v) is 3.04. The van der Waals surface area contributed by atoms with Crippen molar-refractivity contribution < 1.29 is 4.79 Å². The molecule has 19 heavy (non-hydrogen) atoms. The molecule has 0 saturated carbocycles. The lowest BCUT2D eigenvalue weighted by molar-refractivity contribution is 0.101. The number of nitrogens with zero attached hydrogens (tertiary/aromatic N) is 2. The number of amides is 1. The van der Waals surface area contributed by atoms with E-state index < -0.39 is 0 Å². The monoisotopic (exact) mass is 322 g/mol. The predicted molar refractivity (Wildman–Crippen MR) is 79.0 cm³/mol. The van der Waals surface area contributed by atoms with E-state index in [0.29, 0.717) is 17.2 Å². The number of rotatable bonds is 4. The van der Waals surface area contributed by atoms with E-state index in [2.05, 4.69) is 33.2 Å². The molecular weight excluding hydrogens is 308 g/mol. The molecule has 1 amide bonds. The Morgan fingerprint density at radius 1 is 1.53 bits per heavy atom. The Morgan fingerprint density at radius 3 is 2.95 bits per heavy atom. The SMILES string of the molecule is CCCn1cc(Br)cc1C(=O)Nc1ccc(N)nc1. The Bertz CT molecular complexity index is 577. The van der Waals surface area contributed by atoms with Gasteiger partial charge in [0.2, 0.25) is 0 Å². The molecule has 6 heteroatoms. The van der Waals surface area contributed by atoms with E-state index in [-0.39, 0.29) is 5.91 Å². The van der Waals surface area contributed by atoms with Gasteiger partial charge in [-0.05, 0) is 40.5 Å². The summed E-state index contributed by atoms with van der Waals surface area (Å²) in [6, 6.07) is 5.18. The highest BCUT2D eigenvalue weighted by molar-refractivity contribution is 9.10. The normalized spacial score (nSPS) is 10.4. The van der Waals surface area contributed by atoms with E-state index in [4.69, 9.17) is 5.73 Å². The minimum absolute atomic E-state index is 0.161. The van der Waals surface area contributed by atoms with Crippen molar-refractivity contribution in [2.75, 3.05) is 11.1 Å². The van der Waals surface area contributed by atoms with Crippen LogP contribution in [0.3, 0.4) is 0 Å². The molecule has 0 aromatic carbocycles. The van der Waals surface area contributed by atoms with Crippen LogP contribution in [0.25, 0.3) is 0 Å². The number of aromatic nitrogens is 2. The Labute approximate surface area is 120 Å². The van der Waals surface area contributed by atoms with Crippen molar-refractivity contribution in [1.29, 1.82) is 0 Å². The van der Waals surface area contributed by atoms with E-state index >= 15 is 0 Å². The first-order valence-electron chi connectivity index (χ1n) is 5.98. The Hall–Kier alpha value is -1.82. The van der Waals surface area contributed by atoms with Gasteiger partial charge in [0.25, 0.3) is 5.91 Å². The summed E-state index contributed by atoms with van der Waals surface area (Å²) in [5.74, 6) is 0.265. The van der Waals surface area contributed by atoms with Crippen molar-refractivity contribution in [2.24, 2.45) is 0 Å². The van der Waals surface area contributed by atoms with E-state index in [1.165, 1.54) is 6.20 Å². The number of carbonyl (C=O) groups is 1. The lowest BCUT2D eigenvalue weighted by atomic mass is 10.3. The zero-order chi connectivity index (χ0) is 13.8. The number of nitrogens with one attached hydrogen (secondary N) is 1. The second kappa shape index (κ2) is 5.88. The van der Waals surface area contributed by atoms with Gasteiger partial charge in [0.15, 0.2) is 0 Å². The van der Waals surface area contributed by atoms with Gasteiger partial charge in [0.05, 0.1) is 11.9 Å². The minimum atomic E-state index is -0.161. The van der Waals surface area contributed by atoms with Crippen LogP contribution < -0.4 is 11.1 Å². The van der Waals surface area contributed by atoms with Crippen molar-refractivity contribution >= 4 is 33.3 Å². The molecule has 0 radical (unpaired) electrons. The molecule has 100 valence electrons. The van der Waals surface area contributed by atoms with Gasteiger partial charge < -0.3 is 15.6 Å². The quantitative estimate of drug-likeness (QED) is 0.909. The standard InChI is InChI=1S/C13H15BrN4O/c1-2-5-18-8-9(14)6-11(18)13(19)17-10-3-4-12(15)16-7-10/h3-4,6-8H,2,5H2,1H3,(H2,15,16)(H,17,19). The summed E-state index contributed by atoms with van der Waals surface area (Å²) in [6.07, 6.45) is 4.40. The zero-order valence-electron chi connectivity index (χ0n) is 10.6. The van der Waals surface area contributed by atoms with E-state index in [9.17, 15) is 4.79 Å². The fourth-order valence-electron chi connectivity index (χ4n) is 1.77. The summed E-state index contributed by atoms with van der Waals surface area (Å²) >= 11 is 3.39. The summed E-state index contributed by atoms with van der Waals surface area (Å²) in [4.78, 5) is 16.1. The van der Waals surface area contributed by atoms with Crippen molar-refractivity contribution in [3.8, 4) is 0 Å². The minimum Gasteiger partial charge on any atom is -0.384 e. The summed E-state index contributed by atoms with van der Waals surface area (Å²) in [5, 5.41) is 2.80. The molecule has 2 aromatic heterocycles. The summed E-state index contributed by atoms with van der Waals surface area (Å²) in [6.45, 7) is 2.87. The molecule has 0 atom stereocenters. The van der Waals surface area contributed by atoms with Gasteiger partial charge in [0.1, 0.15) is 11.5 Å².